The molecule has 0 spiro atoms. The highest BCUT2D eigenvalue weighted by Gasteiger charge is 2.07. The molecule has 0 saturated carbocycles. The fourth-order valence-corrected chi connectivity index (χ4v) is 1.53. The minimum Gasteiger partial charge on any atom is -0.496 e. The number of rotatable bonds is 4. The molecule has 4 nitrogen and oxygen atoms in total. The van der Waals surface area contributed by atoms with E-state index in [9.17, 15) is 4.79 Å². The summed E-state index contributed by atoms with van der Waals surface area (Å²) >= 11 is 0. The normalized spacial score (nSPS) is 10.0. The molecule has 1 aromatic rings. The molecule has 0 bridgehead atoms. The highest BCUT2D eigenvalue weighted by Crippen LogP contribution is 2.23. The number of carbonyl (C=O) groups excluding carboxylic acids is 1. The zero-order chi connectivity index (χ0) is 12.1. The van der Waals surface area contributed by atoms with Crippen molar-refractivity contribution in [3.63, 3.8) is 0 Å². The zero-order valence-corrected chi connectivity index (χ0v) is 9.96. The van der Waals surface area contributed by atoms with Crippen LogP contribution < -0.4 is 15.8 Å². The minimum atomic E-state index is -0.145. The lowest BCUT2D eigenvalue weighted by molar-refractivity contribution is -0.119. The van der Waals surface area contributed by atoms with Gasteiger partial charge in [-0.25, -0.2) is 0 Å². The number of hydrogen-bond donors (Lipinski definition) is 2. The van der Waals surface area contributed by atoms with Crippen LogP contribution in [0.15, 0.2) is 12.1 Å². The Hall–Kier alpha value is -1.55. The van der Waals surface area contributed by atoms with Crippen molar-refractivity contribution in [2.45, 2.75) is 20.4 Å². The van der Waals surface area contributed by atoms with E-state index >= 15 is 0 Å². The monoisotopic (exact) mass is 222 g/mol. The largest absolute Gasteiger partial charge is 0.496 e. The summed E-state index contributed by atoms with van der Waals surface area (Å²) in [5, 5.41) is 2.75. The molecule has 0 heterocycles. The molecule has 1 aromatic carbocycles. The quantitative estimate of drug-likeness (QED) is 0.795. The van der Waals surface area contributed by atoms with Crippen LogP contribution in [-0.2, 0) is 11.3 Å². The van der Waals surface area contributed by atoms with Crippen LogP contribution in [-0.4, -0.2) is 19.6 Å². The van der Waals surface area contributed by atoms with Crippen LogP contribution >= 0.6 is 0 Å². The predicted molar refractivity (Wildman–Crippen MR) is 63.4 cm³/mol. The van der Waals surface area contributed by atoms with Gasteiger partial charge in [-0.05, 0) is 36.6 Å². The number of ether oxygens (including phenoxy) is 1. The van der Waals surface area contributed by atoms with Crippen molar-refractivity contribution < 1.29 is 9.53 Å². The lowest BCUT2D eigenvalue weighted by Crippen LogP contribution is -2.29. The van der Waals surface area contributed by atoms with Crippen LogP contribution in [0.25, 0.3) is 0 Å². The fraction of sp³-hybridized carbons (Fsp3) is 0.417. The third kappa shape index (κ3) is 2.73. The number of benzene rings is 1. The molecule has 0 aliphatic heterocycles. The molecule has 0 unspecified atom stereocenters. The summed E-state index contributed by atoms with van der Waals surface area (Å²) in [7, 11) is 1.65. The van der Waals surface area contributed by atoms with Crippen LogP contribution in [0, 0.1) is 13.8 Å². The van der Waals surface area contributed by atoms with E-state index in [0.29, 0.717) is 6.54 Å². The first-order valence-electron chi connectivity index (χ1n) is 5.20. The van der Waals surface area contributed by atoms with Crippen LogP contribution in [0.2, 0.25) is 0 Å². The van der Waals surface area contributed by atoms with E-state index in [1.54, 1.807) is 7.11 Å². The van der Waals surface area contributed by atoms with Crippen LogP contribution in [0.5, 0.6) is 5.75 Å². The maximum absolute atomic E-state index is 11.0. The molecule has 0 fully saturated rings. The van der Waals surface area contributed by atoms with Gasteiger partial charge in [0.1, 0.15) is 5.75 Å². The van der Waals surface area contributed by atoms with Gasteiger partial charge in [0.2, 0.25) is 5.91 Å². The Labute approximate surface area is 95.8 Å². The Balaban J connectivity index is 2.82. The van der Waals surface area contributed by atoms with Gasteiger partial charge in [0, 0.05) is 6.54 Å². The van der Waals surface area contributed by atoms with Gasteiger partial charge in [0.05, 0.1) is 13.7 Å². The van der Waals surface area contributed by atoms with E-state index in [2.05, 4.69) is 5.32 Å². The SMILES string of the molecule is COc1ccc(CNC(=O)CN)c(C)c1C. The minimum absolute atomic E-state index is 0.0220. The maximum Gasteiger partial charge on any atom is 0.234 e. The highest BCUT2D eigenvalue weighted by atomic mass is 16.5. The molecule has 0 aromatic heterocycles. The van der Waals surface area contributed by atoms with Crippen LogP contribution in [0.4, 0.5) is 0 Å². The Morgan fingerprint density at radius 1 is 1.38 bits per heavy atom. The van der Waals surface area contributed by atoms with Crippen molar-refractivity contribution in [2.75, 3.05) is 13.7 Å². The third-order valence-corrected chi connectivity index (χ3v) is 2.73. The molecule has 3 N–H and O–H groups in total. The third-order valence-electron chi connectivity index (χ3n) is 2.73. The standard InChI is InChI=1S/C12H18N2O2/c1-8-9(2)11(16-3)5-4-10(8)7-14-12(15)6-13/h4-5H,6-7,13H2,1-3H3,(H,14,15). The van der Waals surface area contributed by atoms with Gasteiger partial charge in [0.15, 0.2) is 0 Å². The smallest absolute Gasteiger partial charge is 0.234 e. The summed E-state index contributed by atoms with van der Waals surface area (Å²) in [4.78, 5) is 11.0. The van der Waals surface area contributed by atoms with Gasteiger partial charge in [-0.3, -0.25) is 4.79 Å². The van der Waals surface area contributed by atoms with Crippen molar-refractivity contribution >= 4 is 5.91 Å². The molecular weight excluding hydrogens is 204 g/mol. The van der Waals surface area contributed by atoms with E-state index in [0.717, 1.165) is 22.4 Å². The van der Waals surface area contributed by atoms with Gasteiger partial charge < -0.3 is 15.8 Å². The lowest BCUT2D eigenvalue weighted by atomic mass is 10.0. The maximum atomic E-state index is 11.0. The molecule has 88 valence electrons. The second-order valence-electron chi connectivity index (χ2n) is 3.66. The van der Waals surface area contributed by atoms with Gasteiger partial charge in [0.25, 0.3) is 0 Å². The average Bonchev–Trinajstić information content (AvgIpc) is 2.30. The lowest BCUT2D eigenvalue weighted by Gasteiger charge is -2.12. The molecule has 1 amide bonds. The van der Waals surface area contributed by atoms with E-state index in [1.165, 1.54) is 0 Å². The Kier molecular flexibility index (Phi) is 4.31. The topological polar surface area (TPSA) is 64.3 Å². The number of hydrogen-bond acceptors (Lipinski definition) is 3. The summed E-state index contributed by atoms with van der Waals surface area (Å²) in [6, 6.07) is 3.87. The average molecular weight is 222 g/mol. The zero-order valence-electron chi connectivity index (χ0n) is 9.96. The first kappa shape index (κ1) is 12.5. The summed E-state index contributed by atoms with van der Waals surface area (Å²) in [6.07, 6.45) is 0. The van der Waals surface area contributed by atoms with E-state index in [1.807, 2.05) is 26.0 Å². The molecule has 16 heavy (non-hydrogen) atoms. The van der Waals surface area contributed by atoms with Crippen molar-refractivity contribution in [3.8, 4) is 5.75 Å². The number of methoxy groups -OCH3 is 1. The first-order chi connectivity index (χ1) is 7.60. The second-order valence-corrected chi connectivity index (χ2v) is 3.66. The van der Waals surface area contributed by atoms with Gasteiger partial charge in [-0.15, -0.1) is 0 Å². The van der Waals surface area contributed by atoms with E-state index in [4.69, 9.17) is 10.5 Å². The molecule has 0 aliphatic rings. The summed E-state index contributed by atoms with van der Waals surface area (Å²) in [6.45, 7) is 4.55. The van der Waals surface area contributed by atoms with Crippen molar-refractivity contribution in [3.05, 3.63) is 28.8 Å². The van der Waals surface area contributed by atoms with Gasteiger partial charge in [-0.2, -0.15) is 0 Å². The molecule has 0 aliphatic carbocycles. The Morgan fingerprint density at radius 3 is 2.62 bits per heavy atom. The van der Waals surface area contributed by atoms with Gasteiger partial charge in [-0.1, -0.05) is 6.07 Å². The summed E-state index contributed by atoms with van der Waals surface area (Å²) in [5.41, 5.74) is 8.54. The van der Waals surface area contributed by atoms with Crippen LogP contribution in [0.3, 0.4) is 0 Å². The number of nitrogens with one attached hydrogen (secondary N) is 1. The molecular formula is C12H18N2O2. The highest BCUT2D eigenvalue weighted by molar-refractivity contribution is 5.77. The predicted octanol–water partition coefficient (Wildman–Crippen LogP) is 0.887. The van der Waals surface area contributed by atoms with Crippen LogP contribution in [0.1, 0.15) is 16.7 Å². The summed E-state index contributed by atoms with van der Waals surface area (Å²) < 4.78 is 5.22. The number of nitrogens with two attached hydrogens (primary N) is 1. The fourth-order valence-electron chi connectivity index (χ4n) is 1.53. The first-order valence-corrected chi connectivity index (χ1v) is 5.20. The Morgan fingerprint density at radius 2 is 2.06 bits per heavy atom. The van der Waals surface area contributed by atoms with Crippen molar-refractivity contribution in [1.82, 2.24) is 5.32 Å². The second kappa shape index (κ2) is 5.51. The number of carbonyl (C=O) groups is 1. The van der Waals surface area contributed by atoms with Crippen molar-refractivity contribution in [1.29, 1.82) is 0 Å². The molecule has 4 heteroatoms. The van der Waals surface area contributed by atoms with Gasteiger partial charge >= 0.3 is 0 Å². The number of amides is 1. The Bertz CT molecular complexity index is 389. The molecule has 0 atom stereocenters. The molecule has 0 saturated heterocycles. The molecule has 1 rings (SSSR count). The molecule has 0 radical (unpaired) electrons. The van der Waals surface area contributed by atoms with E-state index in [-0.39, 0.29) is 12.5 Å². The summed E-state index contributed by atoms with van der Waals surface area (Å²) in [5.74, 6) is 0.722. The van der Waals surface area contributed by atoms with Crippen molar-refractivity contribution in [2.24, 2.45) is 5.73 Å². The van der Waals surface area contributed by atoms with E-state index < -0.39 is 0 Å².